The van der Waals surface area contributed by atoms with Crippen LogP contribution < -0.4 is 9.47 Å². The average Bonchev–Trinajstić information content (AvgIpc) is 2.97. The van der Waals surface area contributed by atoms with Gasteiger partial charge in [-0.3, -0.25) is 0 Å². The fourth-order valence-corrected chi connectivity index (χ4v) is 2.44. The molecule has 1 aliphatic rings. The molecule has 106 valence electrons. The molecule has 4 nitrogen and oxygen atoms in total. The summed E-state index contributed by atoms with van der Waals surface area (Å²) >= 11 is 0. The smallest absolute Gasteiger partial charge is 0.161 e. The molecular weight excluding hydrogens is 244 g/mol. The van der Waals surface area contributed by atoms with Crippen molar-refractivity contribution in [2.24, 2.45) is 0 Å². The SMILES string of the molecule is COc1ccc(C(O)CCC2CCCO2)cc1OC. The van der Waals surface area contributed by atoms with E-state index in [1.807, 2.05) is 18.2 Å². The van der Waals surface area contributed by atoms with E-state index in [9.17, 15) is 5.11 Å². The minimum atomic E-state index is -0.482. The number of benzene rings is 1. The summed E-state index contributed by atoms with van der Waals surface area (Å²) in [5.41, 5.74) is 0.857. The van der Waals surface area contributed by atoms with E-state index in [2.05, 4.69) is 0 Å². The van der Waals surface area contributed by atoms with Gasteiger partial charge in [-0.05, 0) is 43.4 Å². The van der Waals surface area contributed by atoms with Gasteiger partial charge < -0.3 is 19.3 Å². The number of aliphatic hydroxyl groups excluding tert-OH is 1. The highest BCUT2D eigenvalue weighted by Gasteiger charge is 2.18. The Morgan fingerprint density at radius 1 is 1.32 bits per heavy atom. The normalized spacial score (nSPS) is 20.3. The van der Waals surface area contributed by atoms with Gasteiger partial charge in [0.1, 0.15) is 0 Å². The summed E-state index contributed by atoms with van der Waals surface area (Å²) in [5, 5.41) is 10.2. The van der Waals surface area contributed by atoms with Crippen molar-refractivity contribution in [3.05, 3.63) is 23.8 Å². The number of ether oxygens (including phenoxy) is 3. The lowest BCUT2D eigenvalue weighted by Crippen LogP contribution is -2.08. The summed E-state index contributed by atoms with van der Waals surface area (Å²) in [6.07, 6.45) is 3.68. The molecule has 19 heavy (non-hydrogen) atoms. The highest BCUT2D eigenvalue weighted by molar-refractivity contribution is 5.43. The summed E-state index contributed by atoms with van der Waals surface area (Å²) in [5.74, 6) is 1.33. The predicted molar refractivity (Wildman–Crippen MR) is 72.7 cm³/mol. The molecule has 0 aromatic heterocycles. The Bertz CT molecular complexity index is 399. The first-order chi connectivity index (χ1) is 9.24. The summed E-state index contributed by atoms with van der Waals surface area (Å²) in [4.78, 5) is 0. The van der Waals surface area contributed by atoms with Gasteiger partial charge >= 0.3 is 0 Å². The highest BCUT2D eigenvalue weighted by atomic mass is 16.5. The molecule has 1 fully saturated rings. The van der Waals surface area contributed by atoms with Gasteiger partial charge in [-0.2, -0.15) is 0 Å². The molecule has 1 heterocycles. The van der Waals surface area contributed by atoms with E-state index in [4.69, 9.17) is 14.2 Å². The van der Waals surface area contributed by atoms with Gasteiger partial charge in [-0.25, -0.2) is 0 Å². The second-order valence-electron chi connectivity index (χ2n) is 4.84. The van der Waals surface area contributed by atoms with Crippen molar-refractivity contribution >= 4 is 0 Å². The van der Waals surface area contributed by atoms with Crippen LogP contribution >= 0.6 is 0 Å². The molecule has 0 saturated carbocycles. The molecule has 1 aliphatic heterocycles. The zero-order chi connectivity index (χ0) is 13.7. The molecule has 1 saturated heterocycles. The van der Waals surface area contributed by atoms with Gasteiger partial charge in [0.25, 0.3) is 0 Å². The number of methoxy groups -OCH3 is 2. The molecule has 0 aliphatic carbocycles. The molecule has 1 aromatic rings. The van der Waals surface area contributed by atoms with Crippen molar-refractivity contribution < 1.29 is 19.3 Å². The third-order valence-corrected chi connectivity index (χ3v) is 3.58. The fraction of sp³-hybridized carbons (Fsp3) is 0.600. The first-order valence-electron chi connectivity index (χ1n) is 6.76. The predicted octanol–water partition coefficient (Wildman–Crippen LogP) is 2.70. The van der Waals surface area contributed by atoms with Crippen LogP contribution in [-0.4, -0.2) is 32.0 Å². The lowest BCUT2D eigenvalue weighted by molar-refractivity contribution is 0.0811. The van der Waals surface area contributed by atoms with Crippen molar-refractivity contribution in [1.29, 1.82) is 0 Å². The molecule has 0 radical (unpaired) electrons. The van der Waals surface area contributed by atoms with Crippen LogP contribution in [0.5, 0.6) is 11.5 Å². The van der Waals surface area contributed by atoms with Crippen LogP contribution in [0.15, 0.2) is 18.2 Å². The van der Waals surface area contributed by atoms with Crippen LogP contribution in [0.4, 0.5) is 0 Å². The number of hydrogen-bond acceptors (Lipinski definition) is 4. The highest BCUT2D eigenvalue weighted by Crippen LogP contribution is 2.32. The van der Waals surface area contributed by atoms with Crippen LogP contribution in [0.3, 0.4) is 0 Å². The first kappa shape index (κ1) is 14.2. The van der Waals surface area contributed by atoms with Crippen molar-refractivity contribution in [1.82, 2.24) is 0 Å². The molecule has 0 amide bonds. The minimum Gasteiger partial charge on any atom is -0.493 e. The first-order valence-corrected chi connectivity index (χ1v) is 6.76. The van der Waals surface area contributed by atoms with Gasteiger partial charge in [-0.15, -0.1) is 0 Å². The van der Waals surface area contributed by atoms with Crippen molar-refractivity contribution in [3.8, 4) is 11.5 Å². The maximum absolute atomic E-state index is 10.2. The standard InChI is InChI=1S/C15H22O4/c1-17-14-8-5-11(10-15(14)18-2)13(16)7-6-12-4-3-9-19-12/h5,8,10,12-13,16H,3-4,6-7,9H2,1-2H3. The molecule has 2 rings (SSSR count). The molecule has 0 spiro atoms. The fourth-order valence-electron chi connectivity index (χ4n) is 2.44. The maximum Gasteiger partial charge on any atom is 0.161 e. The van der Waals surface area contributed by atoms with E-state index in [1.54, 1.807) is 14.2 Å². The molecule has 1 N–H and O–H groups in total. The van der Waals surface area contributed by atoms with Gasteiger partial charge in [0.05, 0.1) is 26.4 Å². The van der Waals surface area contributed by atoms with E-state index in [0.29, 0.717) is 24.0 Å². The Morgan fingerprint density at radius 2 is 2.11 bits per heavy atom. The van der Waals surface area contributed by atoms with Crippen LogP contribution in [0.2, 0.25) is 0 Å². The summed E-state index contributed by atoms with van der Waals surface area (Å²) in [6.45, 7) is 0.858. The lowest BCUT2D eigenvalue weighted by Gasteiger charge is -2.16. The van der Waals surface area contributed by atoms with Gasteiger partial charge in [0.2, 0.25) is 0 Å². The topological polar surface area (TPSA) is 47.9 Å². The molecular formula is C15H22O4. The zero-order valence-electron chi connectivity index (χ0n) is 11.6. The van der Waals surface area contributed by atoms with E-state index in [0.717, 1.165) is 31.4 Å². The number of rotatable bonds is 6. The largest absolute Gasteiger partial charge is 0.493 e. The van der Waals surface area contributed by atoms with Crippen LogP contribution in [-0.2, 0) is 4.74 Å². The van der Waals surface area contributed by atoms with Gasteiger partial charge in [-0.1, -0.05) is 6.07 Å². The quantitative estimate of drug-likeness (QED) is 0.860. The number of aliphatic hydroxyl groups is 1. The van der Waals surface area contributed by atoms with Gasteiger partial charge in [0, 0.05) is 6.61 Å². The van der Waals surface area contributed by atoms with Crippen molar-refractivity contribution in [2.75, 3.05) is 20.8 Å². The Labute approximate surface area is 114 Å². The number of hydrogen-bond donors (Lipinski definition) is 1. The zero-order valence-corrected chi connectivity index (χ0v) is 11.6. The molecule has 0 bridgehead atoms. The molecule has 2 atom stereocenters. The average molecular weight is 266 g/mol. The second-order valence-corrected chi connectivity index (χ2v) is 4.84. The minimum absolute atomic E-state index is 0.315. The monoisotopic (exact) mass is 266 g/mol. The lowest BCUT2D eigenvalue weighted by atomic mass is 10.0. The Hall–Kier alpha value is -1.26. The van der Waals surface area contributed by atoms with Crippen molar-refractivity contribution in [2.45, 2.75) is 37.9 Å². The Morgan fingerprint density at radius 3 is 2.74 bits per heavy atom. The Balaban J connectivity index is 1.95. The van der Waals surface area contributed by atoms with Crippen LogP contribution in [0.1, 0.15) is 37.4 Å². The van der Waals surface area contributed by atoms with E-state index < -0.39 is 6.10 Å². The van der Waals surface area contributed by atoms with E-state index >= 15 is 0 Å². The van der Waals surface area contributed by atoms with E-state index in [1.165, 1.54) is 0 Å². The maximum atomic E-state index is 10.2. The van der Waals surface area contributed by atoms with E-state index in [-0.39, 0.29) is 0 Å². The molecule has 4 heteroatoms. The molecule has 1 aromatic carbocycles. The van der Waals surface area contributed by atoms with Crippen LogP contribution in [0, 0.1) is 0 Å². The second kappa shape index (κ2) is 6.78. The molecule has 2 unspecified atom stereocenters. The third-order valence-electron chi connectivity index (χ3n) is 3.58. The third kappa shape index (κ3) is 3.61. The van der Waals surface area contributed by atoms with Gasteiger partial charge in [0.15, 0.2) is 11.5 Å². The summed E-state index contributed by atoms with van der Waals surface area (Å²) in [6, 6.07) is 5.53. The van der Waals surface area contributed by atoms with Crippen LogP contribution in [0.25, 0.3) is 0 Å². The Kier molecular flexibility index (Phi) is 5.05. The summed E-state index contributed by atoms with van der Waals surface area (Å²) in [7, 11) is 3.20. The van der Waals surface area contributed by atoms with Crippen molar-refractivity contribution in [3.63, 3.8) is 0 Å². The summed E-state index contributed by atoms with van der Waals surface area (Å²) < 4.78 is 16.0.